The van der Waals surface area contributed by atoms with Crippen molar-refractivity contribution in [2.24, 2.45) is 5.73 Å². The maximum Gasteiger partial charge on any atom is 0.328 e. The van der Waals surface area contributed by atoms with Gasteiger partial charge in [0.15, 0.2) is 12.3 Å². The normalized spacial score (nSPS) is 25.0. The van der Waals surface area contributed by atoms with Gasteiger partial charge >= 0.3 is 5.97 Å². The van der Waals surface area contributed by atoms with E-state index in [1.165, 1.54) is 37.4 Å². The summed E-state index contributed by atoms with van der Waals surface area (Å²) >= 11 is 0. The van der Waals surface area contributed by atoms with E-state index in [0.29, 0.717) is 39.7 Å². The number of para-hydroxylation sites is 1. The summed E-state index contributed by atoms with van der Waals surface area (Å²) in [5.74, 6) is -10.2. The number of phenolic OH excluding ortho intramolecular Hbond substituents is 1. The molecule has 2 aliphatic rings. The van der Waals surface area contributed by atoms with Crippen molar-refractivity contribution in [2.45, 2.75) is 163 Å². The van der Waals surface area contributed by atoms with E-state index in [0.717, 1.165) is 33.2 Å². The number of H-pyrrole nitrogens is 1. The van der Waals surface area contributed by atoms with Gasteiger partial charge in [-0.05, 0) is 87.4 Å². The molecule has 2 fully saturated rings. The molecule has 8 amide bonds. The Morgan fingerprint density at radius 2 is 1.41 bits per heavy atom. The standard InChI is InChI=1S/C61H80FN13O17S2/c1-31(76)48-59(89)70-45(58(88)72-49(32(2)77)61(90)91)30-94-93-29-44(69-54(84)41(23-33-11-4-3-5-12-33)65-47(79)17-10-13-36-28-75(74-73-36)60-52(82)51(81)50(80)46(26-62)92-60)57(87)67-42(24-34-18-20-37(78)21-19-34)55(85)68-43(25-35-27-64-39-15-7-6-14-38(35)39)56(86)66-40(53(83)71-48)16-8-9-22-63/h3-7,11-12,14-15,18-21,27-28,31-32,40-46,48-52,60,64,76-78,80-82H,8-10,13,16-17,22-26,29-30,63H2,1-2H3,(H,65,79)(H,66,86)(H,67,87)(H,68,85)(H,69,84)(H,70,89)(H,71,83)(H,72,88)(H,90,91)/t31-,32-,40+,41-,42?,43-,44+,45?,46-,48?,49+,50-,51+,52-,60-/m1/s1/i62-1. The summed E-state index contributed by atoms with van der Waals surface area (Å²) in [4.78, 5) is 132. The number of fused-ring (bicyclic) bond motifs is 1. The summed E-state index contributed by atoms with van der Waals surface area (Å²) in [5, 5.41) is 102. The highest BCUT2D eigenvalue weighted by Crippen LogP contribution is 2.29. The van der Waals surface area contributed by atoms with Crippen LogP contribution in [0.4, 0.5) is 4.39 Å². The van der Waals surface area contributed by atoms with E-state index in [4.69, 9.17) is 10.5 Å². The molecule has 4 heterocycles. The largest absolute Gasteiger partial charge is 0.508 e. The highest BCUT2D eigenvalue weighted by atomic mass is 33.1. The number of carbonyl (C=O) groups is 9. The minimum absolute atomic E-state index is 0.0738. The predicted molar refractivity (Wildman–Crippen MR) is 339 cm³/mol. The summed E-state index contributed by atoms with van der Waals surface area (Å²) in [7, 11) is 1.70. The van der Waals surface area contributed by atoms with E-state index in [1.54, 1.807) is 60.8 Å². The van der Waals surface area contributed by atoms with Gasteiger partial charge in [-0.1, -0.05) is 87.5 Å². The van der Waals surface area contributed by atoms with Gasteiger partial charge in [-0.2, -0.15) is 0 Å². The predicted octanol–water partition coefficient (Wildman–Crippen LogP) is -2.29. The fourth-order valence-corrected chi connectivity index (χ4v) is 12.7. The van der Waals surface area contributed by atoms with E-state index < -0.39 is 163 Å². The minimum Gasteiger partial charge on any atom is -0.508 e. The Hall–Kier alpha value is -8.28. The van der Waals surface area contributed by atoms with Crippen molar-refractivity contribution >= 4 is 85.7 Å². The van der Waals surface area contributed by atoms with Crippen molar-refractivity contribution in [2.75, 3.05) is 24.7 Å². The second kappa shape index (κ2) is 35.3. The van der Waals surface area contributed by atoms with Crippen LogP contribution in [0, 0.1) is 0 Å². The van der Waals surface area contributed by atoms with Crippen LogP contribution < -0.4 is 48.3 Å². The molecule has 5 aromatic rings. The van der Waals surface area contributed by atoms with Crippen LogP contribution in [0.25, 0.3) is 10.9 Å². The number of aryl methyl sites for hydroxylation is 1. The first-order valence-corrected chi connectivity index (χ1v) is 32.9. The fourth-order valence-electron chi connectivity index (χ4n) is 10.4. The molecule has 0 aliphatic carbocycles. The Morgan fingerprint density at radius 3 is 2.10 bits per heavy atom. The topological polar surface area (TPSA) is 473 Å². The maximum atomic E-state index is 15.1. The second-order valence-corrected chi connectivity index (χ2v) is 25.5. The average Bonchev–Trinajstić information content (AvgIpc) is 1.46. The van der Waals surface area contributed by atoms with Crippen LogP contribution in [0.3, 0.4) is 0 Å². The smallest absolute Gasteiger partial charge is 0.328 e. The number of hydrogen-bond donors (Lipinski definition) is 17. The lowest BCUT2D eigenvalue weighted by atomic mass is 9.99. The molecule has 2 saturated heterocycles. The Morgan fingerprint density at radius 1 is 0.755 bits per heavy atom. The molecule has 2 aromatic heterocycles. The molecule has 0 bridgehead atoms. The molecule has 0 saturated carbocycles. The van der Waals surface area contributed by atoms with Crippen molar-refractivity contribution in [1.29, 1.82) is 0 Å². The Labute approximate surface area is 546 Å². The zero-order chi connectivity index (χ0) is 68.2. The van der Waals surface area contributed by atoms with Gasteiger partial charge in [0.2, 0.25) is 47.3 Å². The Balaban J connectivity index is 1.22. The number of alkyl halides is 1. The third-order valence-electron chi connectivity index (χ3n) is 15.7. The molecule has 510 valence electrons. The lowest BCUT2D eigenvalue weighted by Crippen LogP contribution is -2.62. The molecule has 0 radical (unpaired) electrons. The number of benzene rings is 3. The highest BCUT2D eigenvalue weighted by Gasteiger charge is 2.45. The number of aliphatic carboxylic acids is 1. The van der Waals surface area contributed by atoms with E-state index in [2.05, 4.69) is 57.8 Å². The van der Waals surface area contributed by atoms with Gasteiger partial charge in [0.05, 0.1) is 24.1 Å². The van der Waals surface area contributed by atoms with Crippen molar-refractivity contribution < 1.29 is 88.0 Å². The lowest BCUT2D eigenvalue weighted by Gasteiger charge is -2.39. The number of phenols is 1. The number of carbonyl (C=O) groups excluding carboxylic acids is 8. The number of carboxylic acid groups (broad SMARTS) is 1. The number of nitrogens with one attached hydrogen (secondary N) is 9. The number of ether oxygens (including phenoxy) is 1. The van der Waals surface area contributed by atoms with Crippen LogP contribution in [-0.2, 0) is 73.6 Å². The van der Waals surface area contributed by atoms with E-state index in [9.17, 15) is 73.7 Å². The number of aromatic nitrogens is 4. The van der Waals surface area contributed by atoms with Crippen molar-refractivity contribution in [1.82, 2.24) is 62.5 Å². The van der Waals surface area contributed by atoms with Gasteiger partial charge in [0.1, 0.15) is 79.1 Å². The number of unbranched alkanes of at least 4 members (excludes halogenated alkanes) is 1. The van der Waals surface area contributed by atoms with Gasteiger partial charge in [0, 0.05) is 54.3 Å². The molecule has 2 aliphatic heterocycles. The fraction of sp³-hybridized carbons (Fsp3) is 0.492. The molecule has 0 spiro atoms. The SMILES string of the molecule is C[C@@H](O)C1NC(=O)[C@H](CCCCN)NC(=O)[C@@H](Cc2c[nH]c3ccccc23)NC(=O)C(Cc2ccc(O)cc2)NC(=O)[C@@H](NC(=O)[C@@H](Cc2ccccc2)NC(=O)CCCc2cn([C@@H]3O[C@H](C[18F])[C@@H](O)[C@H](O)[C@H]3O)nn2)CSSCC(C(=O)N[C@H](C(=O)O)[C@@H](C)O)NC1=O. The van der Waals surface area contributed by atoms with Crippen LogP contribution in [0.5, 0.6) is 5.75 Å². The molecule has 15 atom stereocenters. The number of aliphatic hydroxyl groups is 5. The number of carboxylic acids is 1. The van der Waals surface area contributed by atoms with Gasteiger partial charge < -0.3 is 93.7 Å². The van der Waals surface area contributed by atoms with Crippen LogP contribution in [0.1, 0.15) is 74.6 Å². The van der Waals surface area contributed by atoms with Crippen LogP contribution >= 0.6 is 21.6 Å². The Kier molecular flexibility index (Phi) is 27.5. The third kappa shape index (κ3) is 20.6. The molecular weight excluding hydrogens is 1270 g/mol. The zero-order valence-electron chi connectivity index (χ0n) is 51.3. The summed E-state index contributed by atoms with van der Waals surface area (Å²) in [6, 6.07) is 8.35. The lowest BCUT2D eigenvalue weighted by molar-refractivity contribution is -0.250. The van der Waals surface area contributed by atoms with Crippen molar-refractivity contribution in [3.8, 4) is 5.75 Å². The van der Waals surface area contributed by atoms with E-state index >= 15 is 9.59 Å². The molecule has 3 unspecified atom stereocenters. The first-order chi connectivity index (χ1) is 44.9. The number of rotatable bonds is 24. The molecule has 33 heteroatoms. The summed E-state index contributed by atoms with van der Waals surface area (Å²) in [5.41, 5.74) is 8.32. The van der Waals surface area contributed by atoms with Gasteiger partial charge in [-0.15, -0.1) is 5.10 Å². The third-order valence-corrected chi connectivity index (χ3v) is 18.1. The number of nitrogens with two attached hydrogens (primary N) is 1. The van der Waals surface area contributed by atoms with Crippen molar-refractivity contribution in [3.63, 3.8) is 0 Å². The molecule has 3 aromatic carbocycles. The average molecular weight is 1350 g/mol. The summed E-state index contributed by atoms with van der Waals surface area (Å²) in [6.07, 6.45) is -8.41. The molecule has 30 nitrogen and oxygen atoms in total. The maximum absolute atomic E-state index is 15.1. The van der Waals surface area contributed by atoms with E-state index in [-0.39, 0.29) is 63.7 Å². The molecule has 7 rings (SSSR count). The van der Waals surface area contributed by atoms with Crippen molar-refractivity contribution in [3.05, 3.63) is 114 Å². The number of nitrogens with zero attached hydrogens (tertiary/aromatic N) is 3. The second-order valence-electron chi connectivity index (χ2n) is 22.9. The van der Waals surface area contributed by atoms with Gasteiger partial charge in [-0.25, -0.2) is 13.9 Å². The quantitative estimate of drug-likeness (QED) is 0.0228. The van der Waals surface area contributed by atoms with Crippen LogP contribution in [0.2, 0.25) is 0 Å². The van der Waals surface area contributed by atoms with E-state index in [1.807, 2.05) is 0 Å². The number of aromatic hydroxyl groups is 1. The summed E-state index contributed by atoms with van der Waals surface area (Å²) < 4.78 is 20.1. The van der Waals surface area contributed by atoms with Crippen LogP contribution in [-0.4, -0.2) is 219 Å². The number of aliphatic hydroxyl groups excluding tert-OH is 5. The number of amides is 8. The number of halogens is 1. The summed E-state index contributed by atoms with van der Waals surface area (Å²) in [6.45, 7) is 1.29. The Bertz CT molecular complexity index is 3380. The van der Waals surface area contributed by atoms with Gasteiger partial charge in [0.25, 0.3) is 0 Å². The minimum atomic E-state index is -1.89. The monoisotopic (exact) mass is 1350 g/mol. The van der Waals surface area contributed by atoms with Gasteiger partial charge in [-0.3, -0.25) is 38.4 Å². The zero-order valence-corrected chi connectivity index (χ0v) is 53.0. The first-order valence-electron chi connectivity index (χ1n) is 30.4. The molecule has 18 N–H and O–H groups in total. The first kappa shape index (κ1) is 73.1. The molecule has 94 heavy (non-hydrogen) atoms. The number of hydrogen-bond acceptors (Lipinski definition) is 21. The number of aromatic amines is 1. The van der Waals surface area contributed by atoms with Crippen LogP contribution in [0.15, 0.2) is 91.3 Å². The molecular formula is C61H80FN13O17S2. The highest BCUT2D eigenvalue weighted by molar-refractivity contribution is 8.76.